The van der Waals surface area contributed by atoms with Gasteiger partial charge in [0.05, 0.1) is 22.1 Å². The van der Waals surface area contributed by atoms with E-state index in [0.29, 0.717) is 0 Å². The lowest BCUT2D eigenvalue weighted by molar-refractivity contribution is 0.601. The monoisotopic (exact) mass is 896 g/mol. The van der Waals surface area contributed by atoms with Crippen molar-refractivity contribution in [2.75, 3.05) is 0 Å². The molecular formula is C66H48N4. The van der Waals surface area contributed by atoms with Crippen LogP contribution in [0.5, 0.6) is 0 Å². The van der Waals surface area contributed by atoms with Crippen molar-refractivity contribution >= 4 is 32.8 Å². The van der Waals surface area contributed by atoms with Gasteiger partial charge in [-0.15, -0.1) is 0 Å². The van der Waals surface area contributed by atoms with Gasteiger partial charge in [0.25, 0.3) is 0 Å². The molecule has 4 nitrogen and oxygen atoms in total. The summed E-state index contributed by atoms with van der Waals surface area (Å²) in [5.41, 5.74) is 24.0. The van der Waals surface area contributed by atoms with Gasteiger partial charge in [-0.25, -0.2) is 9.97 Å². The maximum Gasteiger partial charge on any atom is 0.145 e. The maximum atomic E-state index is 5.11. The van der Waals surface area contributed by atoms with Gasteiger partial charge in [0.15, 0.2) is 0 Å². The van der Waals surface area contributed by atoms with E-state index in [9.17, 15) is 0 Å². The van der Waals surface area contributed by atoms with E-state index in [0.717, 1.165) is 56.2 Å². The molecule has 0 fully saturated rings. The number of rotatable bonds is 6. The number of hydrogen-bond donors (Lipinski definition) is 0. The fourth-order valence-electron chi connectivity index (χ4n) is 12.2. The molecule has 2 aliphatic carbocycles. The molecule has 0 aliphatic heterocycles. The molecule has 0 saturated carbocycles. The summed E-state index contributed by atoms with van der Waals surface area (Å²) < 4.78 is 4.57. The molecule has 332 valence electrons. The number of para-hydroxylation sites is 4. The van der Waals surface area contributed by atoms with Crippen LogP contribution in [0.15, 0.2) is 218 Å². The standard InChI is InChI=1S/C66H48N4/c1-65(2)54-39-45(41-27-32-46(33-28-41)69-58-25-15-13-23-56(58)67-63(69)43-17-7-5-8-18-43)31-36-49(54)51-37-38-52-60-50-22-12-11-21-48(50)53(40-55(60)66(3,4)62(52)61(51)65)42-29-34-47(35-30-42)70-59-26-16-14-24-57(59)68-64(70)44-19-9-6-10-20-44/h5-40H,1-4H3. The lowest BCUT2D eigenvalue weighted by Gasteiger charge is -2.31. The fraction of sp³-hybridized carbons (Fsp3) is 0.0909. The Kier molecular flexibility index (Phi) is 8.64. The van der Waals surface area contributed by atoms with Crippen LogP contribution >= 0.6 is 0 Å². The van der Waals surface area contributed by atoms with Crippen molar-refractivity contribution in [3.8, 4) is 78.7 Å². The van der Waals surface area contributed by atoms with Crippen LogP contribution in [0.1, 0.15) is 49.9 Å². The Morgan fingerprint density at radius 1 is 0.329 bits per heavy atom. The van der Waals surface area contributed by atoms with E-state index in [1.165, 1.54) is 77.5 Å². The Labute approximate surface area is 407 Å². The maximum absolute atomic E-state index is 5.11. The zero-order chi connectivity index (χ0) is 46.9. The second-order valence-electron chi connectivity index (χ2n) is 20.2. The van der Waals surface area contributed by atoms with Crippen molar-refractivity contribution in [3.05, 3.63) is 241 Å². The Balaban J connectivity index is 0.838. The van der Waals surface area contributed by atoms with Crippen LogP contribution in [0.3, 0.4) is 0 Å². The highest BCUT2D eigenvalue weighted by Crippen LogP contribution is 2.61. The third-order valence-corrected chi connectivity index (χ3v) is 15.5. The molecule has 70 heavy (non-hydrogen) atoms. The summed E-state index contributed by atoms with van der Waals surface area (Å²) in [6, 6.07) is 79.5. The van der Waals surface area contributed by atoms with E-state index < -0.39 is 0 Å². The van der Waals surface area contributed by atoms with Crippen molar-refractivity contribution in [1.29, 1.82) is 0 Å². The molecule has 0 N–H and O–H groups in total. The largest absolute Gasteiger partial charge is 0.292 e. The fourth-order valence-corrected chi connectivity index (χ4v) is 12.2. The predicted octanol–water partition coefficient (Wildman–Crippen LogP) is 16.8. The van der Waals surface area contributed by atoms with Gasteiger partial charge in [0, 0.05) is 33.3 Å². The molecule has 2 heterocycles. The molecule has 0 bridgehead atoms. The summed E-state index contributed by atoms with van der Waals surface area (Å²) in [6.07, 6.45) is 0. The molecule has 10 aromatic carbocycles. The van der Waals surface area contributed by atoms with Gasteiger partial charge in [-0.1, -0.05) is 185 Å². The summed E-state index contributed by atoms with van der Waals surface area (Å²) in [7, 11) is 0. The predicted molar refractivity (Wildman–Crippen MR) is 290 cm³/mol. The first-order chi connectivity index (χ1) is 34.2. The Bertz CT molecular complexity index is 4080. The molecule has 0 unspecified atom stereocenters. The number of benzene rings is 10. The zero-order valence-corrected chi connectivity index (χ0v) is 39.6. The number of fused-ring (bicyclic) bond motifs is 11. The molecule has 2 aromatic heterocycles. The Morgan fingerprint density at radius 2 is 0.786 bits per heavy atom. The molecule has 12 aromatic rings. The van der Waals surface area contributed by atoms with Crippen molar-refractivity contribution < 1.29 is 0 Å². The van der Waals surface area contributed by atoms with Crippen LogP contribution in [-0.4, -0.2) is 19.1 Å². The second kappa shape index (κ2) is 14.9. The average molecular weight is 897 g/mol. The third kappa shape index (κ3) is 5.83. The molecule has 0 spiro atoms. The van der Waals surface area contributed by atoms with Crippen LogP contribution in [0.2, 0.25) is 0 Å². The lowest BCUT2D eigenvalue weighted by atomic mass is 9.72. The van der Waals surface area contributed by atoms with Gasteiger partial charge in [-0.05, 0) is 138 Å². The molecular weight excluding hydrogens is 849 g/mol. The molecule has 14 rings (SSSR count). The summed E-state index contributed by atoms with van der Waals surface area (Å²) >= 11 is 0. The van der Waals surface area contributed by atoms with E-state index in [1.807, 2.05) is 0 Å². The number of nitrogens with zero attached hydrogens (tertiary/aromatic N) is 4. The molecule has 0 atom stereocenters. The highest BCUT2D eigenvalue weighted by Gasteiger charge is 2.46. The molecule has 2 aliphatic rings. The zero-order valence-electron chi connectivity index (χ0n) is 39.6. The normalized spacial score (nSPS) is 13.9. The second-order valence-corrected chi connectivity index (χ2v) is 20.2. The number of hydrogen-bond acceptors (Lipinski definition) is 2. The highest BCUT2D eigenvalue weighted by atomic mass is 15.1. The van der Waals surface area contributed by atoms with Gasteiger partial charge >= 0.3 is 0 Å². The SMILES string of the molecule is CC1(C)c2cc(-c3ccc(-n4c(-c5ccccc5)nc5ccccc54)cc3)ccc2-c2ccc3c(c21)C(C)(C)c1cc(-c2ccc(-n4c(-c5ccccc5)nc5ccccc54)cc2)c2ccccc2c1-3. The first kappa shape index (κ1) is 40.5. The van der Waals surface area contributed by atoms with Crippen molar-refractivity contribution in [2.24, 2.45) is 0 Å². The van der Waals surface area contributed by atoms with Crippen molar-refractivity contribution in [3.63, 3.8) is 0 Å². The van der Waals surface area contributed by atoms with Crippen LogP contribution in [0.25, 0.3) is 111 Å². The van der Waals surface area contributed by atoms with Crippen molar-refractivity contribution in [1.82, 2.24) is 19.1 Å². The molecule has 0 saturated heterocycles. The van der Waals surface area contributed by atoms with Gasteiger partial charge in [-0.2, -0.15) is 0 Å². The first-order valence-corrected chi connectivity index (χ1v) is 24.4. The van der Waals surface area contributed by atoms with Crippen LogP contribution in [0, 0.1) is 0 Å². The van der Waals surface area contributed by atoms with Gasteiger partial charge in [-0.3, -0.25) is 9.13 Å². The van der Waals surface area contributed by atoms with Crippen LogP contribution in [0.4, 0.5) is 0 Å². The number of aromatic nitrogens is 4. The Morgan fingerprint density at radius 3 is 1.39 bits per heavy atom. The molecule has 4 heteroatoms. The Hall–Kier alpha value is -8.60. The van der Waals surface area contributed by atoms with E-state index in [4.69, 9.17) is 9.97 Å². The smallest absolute Gasteiger partial charge is 0.145 e. The van der Waals surface area contributed by atoms with Crippen molar-refractivity contribution in [2.45, 2.75) is 38.5 Å². The van der Waals surface area contributed by atoms with E-state index >= 15 is 0 Å². The molecule has 0 radical (unpaired) electrons. The van der Waals surface area contributed by atoms with Crippen LogP contribution < -0.4 is 0 Å². The number of imidazole rings is 2. The van der Waals surface area contributed by atoms with E-state index in [2.05, 4.69) is 255 Å². The minimum absolute atomic E-state index is 0.226. The quantitative estimate of drug-likeness (QED) is 0.167. The summed E-state index contributed by atoms with van der Waals surface area (Å²) in [5, 5.41) is 2.57. The van der Waals surface area contributed by atoms with Gasteiger partial charge < -0.3 is 0 Å². The highest BCUT2D eigenvalue weighted by molar-refractivity contribution is 6.10. The summed E-state index contributed by atoms with van der Waals surface area (Å²) in [5.74, 6) is 1.89. The minimum atomic E-state index is -0.247. The first-order valence-electron chi connectivity index (χ1n) is 24.4. The summed E-state index contributed by atoms with van der Waals surface area (Å²) in [4.78, 5) is 10.2. The van der Waals surface area contributed by atoms with E-state index in [1.54, 1.807) is 0 Å². The van der Waals surface area contributed by atoms with Gasteiger partial charge in [0.1, 0.15) is 11.6 Å². The molecule has 0 amide bonds. The third-order valence-electron chi connectivity index (χ3n) is 15.5. The van der Waals surface area contributed by atoms with E-state index in [-0.39, 0.29) is 10.8 Å². The van der Waals surface area contributed by atoms with Crippen LogP contribution in [-0.2, 0) is 10.8 Å². The lowest BCUT2D eigenvalue weighted by Crippen LogP contribution is -2.24. The topological polar surface area (TPSA) is 35.6 Å². The minimum Gasteiger partial charge on any atom is -0.292 e. The van der Waals surface area contributed by atoms with Gasteiger partial charge in [0.2, 0.25) is 0 Å². The average Bonchev–Trinajstić information content (AvgIpc) is 4.12. The summed E-state index contributed by atoms with van der Waals surface area (Å²) in [6.45, 7) is 9.79.